The summed E-state index contributed by atoms with van der Waals surface area (Å²) < 4.78 is 14.0. The minimum absolute atomic E-state index is 0.0569. The second kappa shape index (κ2) is 9.45. The number of hydrogen-bond acceptors (Lipinski definition) is 4. The normalized spacial score (nSPS) is 26.3. The van der Waals surface area contributed by atoms with Gasteiger partial charge in [0.2, 0.25) is 0 Å². The maximum Gasteiger partial charge on any atom is 0.251 e. The van der Waals surface area contributed by atoms with Crippen molar-refractivity contribution in [1.82, 2.24) is 20.3 Å². The first-order chi connectivity index (χ1) is 18.5. The number of imidazole rings is 1. The van der Waals surface area contributed by atoms with Crippen LogP contribution in [0.5, 0.6) is 0 Å². The van der Waals surface area contributed by atoms with Crippen LogP contribution in [-0.4, -0.2) is 38.1 Å². The number of aliphatic hydroxyl groups excluding tert-OH is 1. The molecule has 0 aliphatic heterocycles. The van der Waals surface area contributed by atoms with Gasteiger partial charge in [-0.25, -0.2) is 9.37 Å². The molecular formula is C31H33FN4O2. The summed E-state index contributed by atoms with van der Waals surface area (Å²) in [5.41, 5.74) is 4.51. The zero-order chi connectivity index (χ0) is 25.8. The summed E-state index contributed by atoms with van der Waals surface area (Å²) in [6.07, 6.45) is 9.74. The number of halogens is 1. The first-order valence-corrected chi connectivity index (χ1v) is 14.0. The highest BCUT2D eigenvalue weighted by Gasteiger charge is 2.41. The number of aromatic amines is 1. The molecule has 3 N–H and O–H groups in total. The molecule has 0 saturated heterocycles. The molecule has 2 aromatic carbocycles. The summed E-state index contributed by atoms with van der Waals surface area (Å²) in [6, 6.07) is 12.7. The Labute approximate surface area is 221 Å². The van der Waals surface area contributed by atoms with E-state index in [1.54, 1.807) is 12.1 Å². The highest BCUT2D eigenvalue weighted by Crippen LogP contribution is 2.52. The molecule has 7 heteroatoms. The van der Waals surface area contributed by atoms with Crippen LogP contribution in [0.1, 0.15) is 84.9 Å². The molecule has 0 unspecified atom stereocenters. The molecule has 7 rings (SSSR count). The van der Waals surface area contributed by atoms with E-state index in [-0.39, 0.29) is 23.9 Å². The quantitative estimate of drug-likeness (QED) is 0.297. The lowest BCUT2D eigenvalue weighted by Crippen LogP contribution is -2.46. The Morgan fingerprint density at radius 2 is 1.74 bits per heavy atom. The van der Waals surface area contributed by atoms with Gasteiger partial charge in [0.15, 0.2) is 0 Å². The molecule has 3 fully saturated rings. The summed E-state index contributed by atoms with van der Waals surface area (Å²) in [7, 11) is 0. The van der Waals surface area contributed by atoms with Gasteiger partial charge < -0.3 is 15.4 Å². The number of carbonyl (C=O) groups excluding carboxylic acids is 1. The Balaban J connectivity index is 1.08. The fourth-order valence-corrected chi connectivity index (χ4v) is 6.87. The van der Waals surface area contributed by atoms with E-state index >= 15 is 0 Å². The Morgan fingerprint density at radius 1 is 0.974 bits per heavy atom. The lowest BCUT2D eigenvalue weighted by atomic mass is 9.72. The third kappa shape index (κ3) is 4.47. The second-order valence-electron chi connectivity index (χ2n) is 11.7. The third-order valence-corrected chi connectivity index (χ3v) is 9.11. The van der Waals surface area contributed by atoms with E-state index in [1.165, 1.54) is 24.5 Å². The summed E-state index contributed by atoms with van der Waals surface area (Å²) in [4.78, 5) is 25.8. The molecule has 0 spiro atoms. The Kier molecular flexibility index (Phi) is 5.91. The number of amides is 1. The molecule has 3 saturated carbocycles. The van der Waals surface area contributed by atoms with E-state index in [0.717, 1.165) is 53.4 Å². The number of pyridine rings is 1. The average molecular weight is 513 g/mol. The smallest absolute Gasteiger partial charge is 0.251 e. The van der Waals surface area contributed by atoms with Crippen molar-refractivity contribution in [3.05, 3.63) is 71.4 Å². The largest absolute Gasteiger partial charge is 0.393 e. The molecule has 196 valence electrons. The van der Waals surface area contributed by atoms with Crippen molar-refractivity contribution in [2.45, 2.75) is 75.3 Å². The summed E-state index contributed by atoms with van der Waals surface area (Å²) in [5, 5.41) is 13.5. The van der Waals surface area contributed by atoms with Crippen molar-refractivity contribution in [3.8, 4) is 0 Å². The van der Waals surface area contributed by atoms with Gasteiger partial charge in [-0.2, -0.15) is 0 Å². The van der Waals surface area contributed by atoms with Gasteiger partial charge in [-0.05, 0) is 117 Å². The number of fused-ring (bicyclic) bond motifs is 2. The number of nitrogens with one attached hydrogen (secondary N) is 2. The topological polar surface area (TPSA) is 90.9 Å². The number of H-pyrrole nitrogens is 1. The van der Waals surface area contributed by atoms with Gasteiger partial charge in [-0.1, -0.05) is 0 Å². The van der Waals surface area contributed by atoms with E-state index in [4.69, 9.17) is 4.98 Å². The van der Waals surface area contributed by atoms with Gasteiger partial charge in [0.05, 0.1) is 22.7 Å². The molecule has 1 amide bonds. The highest BCUT2D eigenvalue weighted by molar-refractivity contribution is 5.97. The number of aromatic nitrogens is 3. The van der Waals surface area contributed by atoms with Crippen LogP contribution in [0.3, 0.4) is 0 Å². The molecule has 2 heterocycles. The Bertz CT molecular complexity index is 1500. The van der Waals surface area contributed by atoms with Crippen molar-refractivity contribution < 1.29 is 14.3 Å². The number of benzene rings is 2. The van der Waals surface area contributed by atoms with Crippen LogP contribution >= 0.6 is 0 Å². The van der Waals surface area contributed by atoms with Crippen molar-refractivity contribution in [2.24, 2.45) is 11.8 Å². The lowest BCUT2D eigenvalue weighted by Gasteiger charge is -2.34. The monoisotopic (exact) mass is 512 g/mol. The van der Waals surface area contributed by atoms with Gasteiger partial charge in [0.25, 0.3) is 5.91 Å². The third-order valence-electron chi connectivity index (χ3n) is 9.11. The van der Waals surface area contributed by atoms with Crippen molar-refractivity contribution in [2.75, 3.05) is 0 Å². The van der Waals surface area contributed by atoms with Crippen LogP contribution in [0.25, 0.3) is 21.9 Å². The van der Waals surface area contributed by atoms with Crippen molar-refractivity contribution in [1.29, 1.82) is 0 Å². The fourth-order valence-electron chi connectivity index (χ4n) is 6.87. The predicted octanol–water partition coefficient (Wildman–Crippen LogP) is 5.97. The molecule has 38 heavy (non-hydrogen) atoms. The maximum atomic E-state index is 14.0. The number of nitrogens with zero attached hydrogens (tertiary/aromatic N) is 2. The molecule has 3 aliphatic rings. The number of carbonyl (C=O) groups is 1. The van der Waals surface area contributed by atoms with Crippen LogP contribution in [0.15, 0.2) is 48.7 Å². The van der Waals surface area contributed by atoms with Crippen LogP contribution in [0, 0.1) is 17.7 Å². The highest BCUT2D eigenvalue weighted by atomic mass is 19.1. The van der Waals surface area contributed by atoms with E-state index in [2.05, 4.69) is 21.4 Å². The van der Waals surface area contributed by atoms with Gasteiger partial charge in [0.1, 0.15) is 11.6 Å². The van der Waals surface area contributed by atoms with Crippen molar-refractivity contribution in [3.63, 3.8) is 0 Å². The maximum absolute atomic E-state index is 14.0. The standard InChI is InChI=1S/C31H33FN4O2/c32-21-8-10-26-25(14-21)24(11-12-33-26)17-1-3-18(4-2-17)29(19-5-6-19)30-35-27-9-7-20(13-28(27)36-30)31(38)34-22-15-23(37)16-22/h7-14,17-19,22-23,29,37H,1-6,15-16H2,(H,34,38)(H,35,36)/t17-,18+,22?,23?,29-/m0/s1. The van der Waals surface area contributed by atoms with E-state index in [0.29, 0.717) is 42.1 Å². The summed E-state index contributed by atoms with van der Waals surface area (Å²) in [5.74, 6) is 2.81. The molecular weight excluding hydrogens is 479 g/mol. The summed E-state index contributed by atoms with van der Waals surface area (Å²) >= 11 is 0. The molecule has 2 aromatic heterocycles. The first-order valence-electron chi connectivity index (χ1n) is 14.0. The predicted molar refractivity (Wildman–Crippen MR) is 144 cm³/mol. The van der Waals surface area contributed by atoms with E-state index in [9.17, 15) is 14.3 Å². The van der Waals surface area contributed by atoms with Crippen LogP contribution in [0.2, 0.25) is 0 Å². The molecule has 4 aromatic rings. The minimum Gasteiger partial charge on any atom is -0.393 e. The van der Waals surface area contributed by atoms with E-state index < -0.39 is 0 Å². The number of hydrogen-bond donors (Lipinski definition) is 3. The molecule has 0 radical (unpaired) electrons. The van der Waals surface area contributed by atoms with Gasteiger partial charge in [0, 0.05) is 29.1 Å². The zero-order valence-electron chi connectivity index (χ0n) is 21.4. The Morgan fingerprint density at radius 3 is 2.47 bits per heavy atom. The van der Waals surface area contributed by atoms with Crippen molar-refractivity contribution >= 4 is 27.8 Å². The van der Waals surface area contributed by atoms with Crippen LogP contribution in [0.4, 0.5) is 4.39 Å². The number of aliphatic hydroxyl groups is 1. The van der Waals surface area contributed by atoms with E-state index in [1.807, 2.05) is 24.4 Å². The van der Waals surface area contributed by atoms with Gasteiger partial charge >= 0.3 is 0 Å². The zero-order valence-corrected chi connectivity index (χ0v) is 21.4. The van der Waals surface area contributed by atoms with Crippen LogP contribution in [-0.2, 0) is 0 Å². The lowest BCUT2D eigenvalue weighted by molar-refractivity contribution is 0.0562. The minimum atomic E-state index is -0.293. The summed E-state index contributed by atoms with van der Waals surface area (Å²) in [6.45, 7) is 0. The average Bonchev–Trinajstić information content (AvgIpc) is 3.65. The fraction of sp³-hybridized carbons (Fsp3) is 0.452. The van der Waals surface area contributed by atoms with Gasteiger partial charge in [-0.3, -0.25) is 9.78 Å². The molecule has 1 atom stereocenters. The first kappa shape index (κ1) is 23.8. The molecule has 6 nitrogen and oxygen atoms in total. The van der Waals surface area contributed by atoms with Gasteiger partial charge in [-0.15, -0.1) is 0 Å². The molecule has 0 bridgehead atoms. The molecule has 3 aliphatic carbocycles. The Hall–Kier alpha value is -3.32. The second-order valence-corrected chi connectivity index (χ2v) is 11.7. The van der Waals surface area contributed by atoms with Crippen LogP contribution < -0.4 is 5.32 Å². The SMILES string of the molecule is O=C(NC1CC(O)C1)c1ccc2[nH]c([C@H](C3CC3)[C@H]3CC[C@@H](c4ccnc5ccc(F)cc54)CC3)nc2c1. The number of rotatable bonds is 6.